The van der Waals surface area contributed by atoms with Crippen LogP contribution in [0.15, 0.2) is 0 Å². The van der Waals surface area contributed by atoms with Crippen LogP contribution in [0.5, 0.6) is 0 Å². The Balaban J connectivity index is 4.30. The van der Waals surface area contributed by atoms with E-state index in [-0.39, 0.29) is 6.10 Å². The molecule has 1 N–H and O–H groups in total. The van der Waals surface area contributed by atoms with E-state index in [1.165, 1.54) is 89.9 Å². The minimum atomic E-state index is -3.94. The highest BCUT2D eigenvalue weighted by atomic mass is 31.2. The highest BCUT2D eigenvalue weighted by Gasteiger charge is 2.25. The lowest BCUT2D eigenvalue weighted by Crippen LogP contribution is -2.15. The molecule has 4 nitrogen and oxygen atoms in total. The molecule has 0 radical (unpaired) electrons. The predicted octanol–water partition coefficient (Wildman–Crippen LogP) is 9.60. The first-order valence-corrected chi connectivity index (χ1v) is 15.1. The number of phosphoric ester groups is 1. The summed E-state index contributed by atoms with van der Waals surface area (Å²) in [6, 6.07) is 0. The smallest absolute Gasteiger partial charge is 0.302 e. The van der Waals surface area contributed by atoms with E-state index in [2.05, 4.69) is 20.8 Å². The van der Waals surface area contributed by atoms with Crippen molar-refractivity contribution < 1.29 is 18.5 Å². The molecule has 0 fully saturated rings. The molecule has 0 spiro atoms. The Hall–Kier alpha value is 0.110. The molecule has 0 saturated carbocycles. The van der Waals surface area contributed by atoms with Gasteiger partial charge in [-0.15, -0.1) is 0 Å². The molecule has 0 aliphatic carbocycles. The van der Waals surface area contributed by atoms with Crippen LogP contribution in [0.25, 0.3) is 0 Å². The van der Waals surface area contributed by atoms with Crippen molar-refractivity contribution in [3.05, 3.63) is 0 Å². The second-order valence-electron chi connectivity index (χ2n) is 9.49. The van der Waals surface area contributed by atoms with Crippen LogP contribution < -0.4 is 0 Å². The van der Waals surface area contributed by atoms with Gasteiger partial charge >= 0.3 is 7.82 Å². The van der Waals surface area contributed by atoms with Gasteiger partial charge in [-0.3, -0.25) is 9.05 Å². The SMILES string of the molecule is CCCCCCCCCC(CCCCCCC)CC(C)OP(=O)(O)OCCCCCC. The van der Waals surface area contributed by atoms with Crippen molar-refractivity contribution in [1.29, 1.82) is 0 Å². The van der Waals surface area contributed by atoms with Gasteiger partial charge in [-0.25, -0.2) is 4.57 Å². The molecule has 0 saturated heterocycles. The van der Waals surface area contributed by atoms with E-state index in [9.17, 15) is 9.46 Å². The van der Waals surface area contributed by atoms with Crippen molar-refractivity contribution in [2.45, 2.75) is 156 Å². The molecule has 3 unspecified atom stereocenters. The Morgan fingerprint density at radius 1 is 0.677 bits per heavy atom. The average molecular weight is 463 g/mol. The molecule has 3 atom stereocenters. The van der Waals surface area contributed by atoms with E-state index in [1.54, 1.807) is 0 Å². The Bertz CT molecular complexity index is 416. The summed E-state index contributed by atoms with van der Waals surface area (Å²) in [5.41, 5.74) is 0. The molecule has 0 aliphatic rings. The van der Waals surface area contributed by atoms with Crippen LogP contribution in [0.3, 0.4) is 0 Å². The maximum Gasteiger partial charge on any atom is 0.472 e. The molecule has 0 amide bonds. The molecule has 188 valence electrons. The molecule has 0 aromatic heterocycles. The predicted molar refractivity (Wildman–Crippen MR) is 135 cm³/mol. The molecular formula is C26H55O4P. The highest BCUT2D eigenvalue weighted by Crippen LogP contribution is 2.45. The monoisotopic (exact) mass is 462 g/mol. The number of phosphoric acid groups is 1. The minimum absolute atomic E-state index is 0.239. The van der Waals surface area contributed by atoms with Gasteiger partial charge in [0.2, 0.25) is 0 Å². The number of rotatable bonds is 24. The van der Waals surface area contributed by atoms with Crippen molar-refractivity contribution in [3.8, 4) is 0 Å². The molecule has 0 aromatic carbocycles. The molecule has 0 heterocycles. The van der Waals surface area contributed by atoms with Crippen LogP contribution in [0.1, 0.15) is 150 Å². The standard InChI is InChI=1S/C26H55O4P/c1-5-8-11-14-15-17-19-22-26(21-18-16-12-9-6-2)24-25(4)30-31(27,28)29-23-20-13-10-7-3/h25-26H,5-24H2,1-4H3,(H,27,28). The van der Waals surface area contributed by atoms with Crippen molar-refractivity contribution >= 4 is 7.82 Å². The van der Waals surface area contributed by atoms with Crippen LogP contribution in [0.4, 0.5) is 0 Å². The second kappa shape index (κ2) is 21.9. The Morgan fingerprint density at radius 2 is 1.10 bits per heavy atom. The molecule has 0 aromatic rings. The zero-order valence-corrected chi connectivity index (χ0v) is 22.3. The fourth-order valence-corrected chi connectivity index (χ4v) is 5.25. The summed E-state index contributed by atoms with van der Waals surface area (Å²) in [7, 11) is -3.94. The van der Waals surface area contributed by atoms with Crippen LogP contribution in [-0.4, -0.2) is 17.6 Å². The summed E-state index contributed by atoms with van der Waals surface area (Å²) in [6.07, 6.45) is 22.9. The van der Waals surface area contributed by atoms with Gasteiger partial charge in [0, 0.05) is 0 Å². The van der Waals surface area contributed by atoms with E-state index in [0.717, 1.165) is 32.1 Å². The Morgan fingerprint density at radius 3 is 1.58 bits per heavy atom. The molecule has 0 bridgehead atoms. The second-order valence-corrected chi connectivity index (χ2v) is 10.9. The van der Waals surface area contributed by atoms with Crippen molar-refractivity contribution in [2.75, 3.05) is 6.61 Å². The molecule has 5 heteroatoms. The lowest BCUT2D eigenvalue weighted by atomic mass is 9.90. The summed E-state index contributed by atoms with van der Waals surface area (Å²) in [5.74, 6) is 0.580. The van der Waals surface area contributed by atoms with Gasteiger partial charge in [0.15, 0.2) is 0 Å². The van der Waals surface area contributed by atoms with Crippen LogP contribution in [0, 0.1) is 5.92 Å². The zero-order chi connectivity index (χ0) is 23.2. The van der Waals surface area contributed by atoms with Crippen LogP contribution in [0.2, 0.25) is 0 Å². The Labute approximate surface area is 194 Å². The fraction of sp³-hybridized carbons (Fsp3) is 1.00. The highest BCUT2D eigenvalue weighted by molar-refractivity contribution is 7.47. The number of hydrogen-bond acceptors (Lipinski definition) is 3. The van der Waals surface area contributed by atoms with Crippen molar-refractivity contribution in [2.24, 2.45) is 5.92 Å². The maximum atomic E-state index is 12.3. The van der Waals surface area contributed by atoms with Crippen molar-refractivity contribution in [1.82, 2.24) is 0 Å². The largest absolute Gasteiger partial charge is 0.472 e. The lowest BCUT2D eigenvalue weighted by molar-refractivity contribution is 0.0950. The van der Waals surface area contributed by atoms with E-state index >= 15 is 0 Å². The summed E-state index contributed by atoms with van der Waals surface area (Å²) in [5, 5.41) is 0. The first-order valence-electron chi connectivity index (χ1n) is 13.6. The third-order valence-corrected chi connectivity index (χ3v) is 7.30. The third kappa shape index (κ3) is 21.7. The maximum absolute atomic E-state index is 12.3. The lowest BCUT2D eigenvalue weighted by Gasteiger charge is -2.23. The summed E-state index contributed by atoms with van der Waals surface area (Å²) in [4.78, 5) is 10.1. The molecule has 0 aliphatic heterocycles. The molecule has 0 rings (SSSR count). The molecule has 31 heavy (non-hydrogen) atoms. The van der Waals surface area contributed by atoms with E-state index in [4.69, 9.17) is 9.05 Å². The van der Waals surface area contributed by atoms with E-state index in [0.29, 0.717) is 12.5 Å². The van der Waals surface area contributed by atoms with Gasteiger partial charge in [-0.2, -0.15) is 0 Å². The topological polar surface area (TPSA) is 55.8 Å². The third-order valence-electron chi connectivity index (χ3n) is 6.16. The van der Waals surface area contributed by atoms with Gasteiger partial charge in [0.25, 0.3) is 0 Å². The Kier molecular flexibility index (Phi) is 22.0. The summed E-state index contributed by atoms with van der Waals surface area (Å²) >= 11 is 0. The van der Waals surface area contributed by atoms with Crippen LogP contribution in [-0.2, 0) is 13.6 Å². The normalized spacial score (nSPS) is 15.6. The first-order chi connectivity index (χ1) is 14.9. The van der Waals surface area contributed by atoms with Gasteiger partial charge in [0.1, 0.15) is 0 Å². The van der Waals surface area contributed by atoms with E-state index in [1.807, 2.05) is 6.92 Å². The van der Waals surface area contributed by atoms with Crippen LogP contribution >= 0.6 is 7.82 Å². The van der Waals surface area contributed by atoms with Gasteiger partial charge in [0.05, 0.1) is 12.7 Å². The van der Waals surface area contributed by atoms with Crippen molar-refractivity contribution in [3.63, 3.8) is 0 Å². The summed E-state index contributed by atoms with van der Waals surface area (Å²) in [6.45, 7) is 8.89. The van der Waals surface area contributed by atoms with E-state index < -0.39 is 7.82 Å². The quantitative estimate of drug-likeness (QED) is 0.115. The average Bonchev–Trinajstić information content (AvgIpc) is 2.72. The minimum Gasteiger partial charge on any atom is -0.302 e. The van der Waals surface area contributed by atoms with Gasteiger partial charge in [-0.1, -0.05) is 130 Å². The first kappa shape index (κ1) is 31.1. The summed E-state index contributed by atoms with van der Waals surface area (Å²) < 4.78 is 22.9. The number of unbranched alkanes of at least 4 members (excludes halogenated alkanes) is 13. The fourth-order valence-electron chi connectivity index (χ4n) is 4.29. The van der Waals surface area contributed by atoms with Gasteiger partial charge < -0.3 is 4.89 Å². The number of hydrogen-bond donors (Lipinski definition) is 1. The molecular weight excluding hydrogens is 407 g/mol. The zero-order valence-electron chi connectivity index (χ0n) is 21.4. The van der Waals surface area contributed by atoms with Gasteiger partial charge in [-0.05, 0) is 25.7 Å².